The minimum atomic E-state index is 0.217. The third kappa shape index (κ3) is 3.85. The summed E-state index contributed by atoms with van der Waals surface area (Å²) >= 11 is 0. The van der Waals surface area contributed by atoms with E-state index in [0.29, 0.717) is 6.54 Å². The summed E-state index contributed by atoms with van der Waals surface area (Å²) in [6.45, 7) is 10.7. The Kier molecular flexibility index (Phi) is 5.15. The number of nitrogens with zero attached hydrogens (tertiary/aromatic N) is 3. The van der Waals surface area contributed by atoms with E-state index in [1.54, 1.807) is 0 Å². The van der Waals surface area contributed by atoms with E-state index in [1.807, 2.05) is 19.9 Å². The summed E-state index contributed by atoms with van der Waals surface area (Å²) in [5.41, 5.74) is 5.59. The molecule has 0 aliphatic heterocycles. The van der Waals surface area contributed by atoms with Crippen LogP contribution < -0.4 is 16.0 Å². The number of rotatable bonds is 6. The molecule has 5 heteroatoms. The molecule has 0 fully saturated rings. The number of nitrogens with one attached hydrogen (secondary N) is 1. The molecule has 17 heavy (non-hydrogen) atoms. The Morgan fingerprint density at radius 1 is 1.35 bits per heavy atom. The lowest BCUT2D eigenvalue weighted by molar-refractivity contribution is 0.790. The molecule has 0 spiro atoms. The Hall–Kier alpha value is -1.36. The van der Waals surface area contributed by atoms with Gasteiger partial charge in [0.25, 0.3) is 0 Å². The van der Waals surface area contributed by atoms with Crippen LogP contribution in [0.15, 0.2) is 6.07 Å². The summed E-state index contributed by atoms with van der Waals surface area (Å²) in [6, 6.07) is 2.19. The molecule has 3 N–H and O–H groups in total. The van der Waals surface area contributed by atoms with E-state index < -0.39 is 0 Å². The Balaban J connectivity index is 2.93. The van der Waals surface area contributed by atoms with Gasteiger partial charge in [-0.1, -0.05) is 0 Å². The van der Waals surface area contributed by atoms with Gasteiger partial charge in [-0.05, 0) is 27.7 Å². The molecule has 0 amide bonds. The summed E-state index contributed by atoms with van der Waals surface area (Å²) in [4.78, 5) is 11.0. The van der Waals surface area contributed by atoms with E-state index in [4.69, 9.17) is 5.73 Å². The lowest BCUT2D eigenvalue weighted by Crippen LogP contribution is -2.27. The maximum absolute atomic E-state index is 5.59. The molecule has 0 saturated heterocycles. The lowest BCUT2D eigenvalue weighted by atomic mass is 10.3. The number of hydrogen-bond acceptors (Lipinski definition) is 5. The van der Waals surface area contributed by atoms with Gasteiger partial charge in [0.15, 0.2) is 0 Å². The van der Waals surface area contributed by atoms with Crippen molar-refractivity contribution in [1.29, 1.82) is 0 Å². The predicted octanol–water partition coefficient (Wildman–Crippen LogP) is 1.39. The van der Waals surface area contributed by atoms with Gasteiger partial charge in [0.1, 0.15) is 17.5 Å². The van der Waals surface area contributed by atoms with Gasteiger partial charge < -0.3 is 16.0 Å². The van der Waals surface area contributed by atoms with E-state index in [0.717, 1.165) is 30.5 Å². The first-order chi connectivity index (χ1) is 8.10. The molecule has 96 valence electrons. The van der Waals surface area contributed by atoms with Gasteiger partial charge in [-0.2, -0.15) is 0 Å². The van der Waals surface area contributed by atoms with Crippen molar-refractivity contribution in [1.82, 2.24) is 9.97 Å². The number of anilines is 2. The van der Waals surface area contributed by atoms with Crippen LogP contribution in [0.2, 0.25) is 0 Å². The number of nitrogens with two attached hydrogens (primary N) is 1. The molecule has 0 aliphatic rings. The monoisotopic (exact) mass is 237 g/mol. The number of hydrogen-bond donors (Lipinski definition) is 2. The summed E-state index contributed by atoms with van der Waals surface area (Å²) < 4.78 is 0. The van der Waals surface area contributed by atoms with Gasteiger partial charge in [0.2, 0.25) is 0 Å². The number of aromatic nitrogens is 2. The van der Waals surface area contributed by atoms with Gasteiger partial charge >= 0.3 is 0 Å². The Bertz CT molecular complexity index is 349. The van der Waals surface area contributed by atoms with Gasteiger partial charge in [0, 0.05) is 31.7 Å². The molecular formula is C12H23N5. The molecule has 1 rings (SSSR count). The molecule has 1 heterocycles. The zero-order valence-electron chi connectivity index (χ0n) is 11.2. The van der Waals surface area contributed by atoms with E-state index in [-0.39, 0.29) is 6.04 Å². The average molecular weight is 237 g/mol. The van der Waals surface area contributed by atoms with Crippen LogP contribution >= 0.6 is 0 Å². The molecule has 1 aromatic heterocycles. The molecular weight excluding hydrogens is 214 g/mol. The third-order valence-corrected chi connectivity index (χ3v) is 2.66. The van der Waals surface area contributed by atoms with Crippen molar-refractivity contribution in [2.45, 2.75) is 33.7 Å². The van der Waals surface area contributed by atoms with E-state index in [2.05, 4.69) is 34.0 Å². The normalized spacial score (nSPS) is 12.3. The molecule has 1 unspecified atom stereocenters. The lowest BCUT2D eigenvalue weighted by Gasteiger charge is -2.21. The Morgan fingerprint density at radius 2 is 2.00 bits per heavy atom. The van der Waals surface area contributed by atoms with Crippen molar-refractivity contribution in [2.75, 3.05) is 29.9 Å². The van der Waals surface area contributed by atoms with E-state index >= 15 is 0 Å². The molecule has 0 aliphatic carbocycles. The fourth-order valence-corrected chi connectivity index (χ4v) is 1.65. The van der Waals surface area contributed by atoms with Crippen LogP contribution in [0.3, 0.4) is 0 Å². The smallest absolute Gasteiger partial charge is 0.134 e. The summed E-state index contributed by atoms with van der Waals surface area (Å²) in [5, 5.41) is 3.27. The minimum Gasteiger partial charge on any atom is -0.366 e. The second kappa shape index (κ2) is 6.39. The SMILES string of the molecule is CCN(CC)c1cc(NC(C)CN)nc(C)n1. The molecule has 1 atom stereocenters. The largest absolute Gasteiger partial charge is 0.366 e. The first-order valence-electron chi connectivity index (χ1n) is 6.17. The molecule has 0 aromatic carbocycles. The van der Waals surface area contributed by atoms with Gasteiger partial charge in [-0.15, -0.1) is 0 Å². The fraction of sp³-hybridized carbons (Fsp3) is 0.667. The van der Waals surface area contributed by atoms with Crippen LogP contribution in [-0.2, 0) is 0 Å². The Labute approximate surface area is 103 Å². The zero-order valence-corrected chi connectivity index (χ0v) is 11.2. The average Bonchev–Trinajstić information content (AvgIpc) is 2.29. The third-order valence-electron chi connectivity index (χ3n) is 2.66. The Morgan fingerprint density at radius 3 is 2.53 bits per heavy atom. The van der Waals surface area contributed by atoms with Crippen molar-refractivity contribution in [3.63, 3.8) is 0 Å². The predicted molar refractivity (Wildman–Crippen MR) is 72.5 cm³/mol. The highest BCUT2D eigenvalue weighted by atomic mass is 15.2. The number of aryl methyl sites for hydroxylation is 1. The van der Waals surface area contributed by atoms with Crippen molar-refractivity contribution in [3.8, 4) is 0 Å². The summed E-state index contributed by atoms with van der Waals surface area (Å²) in [6.07, 6.45) is 0. The van der Waals surface area contributed by atoms with Crippen LogP contribution in [0, 0.1) is 6.92 Å². The minimum absolute atomic E-state index is 0.217. The molecule has 0 saturated carbocycles. The standard InChI is InChI=1S/C12H23N5/c1-5-17(6-2)12-7-11(14-9(3)8-13)15-10(4)16-12/h7,9H,5-6,8,13H2,1-4H3,(H,14,15,16). The summed E-state index contributed by atoms with van der Waals surface area (Å²) in [5.74, 6) is 2.59. The molecule has 1 aromatic rings. The van der Waals surface area contributed by atoms with Crippen molar-refractivity contribution < 1.29 is 0 Å². The van der Waals surface area contributed by atoms with Crippen molar-refractivity contribution in [2.24, 2.45) is 5.73 Å². The second-order valence-electron chi connectivity index (χ2n) is 4.11. The molecule has 0 bridgehead atoms. The first kappa shape index (κ1) is 13.7. The van der Waals surface area contributed by atoms with E-state index in [1.165, 1.54) is 0 Å². The van der Waals surface area contributed by atoms with Crippen LogP contribution in [0.5, 0.6) is 0 Å². The van der Waals surface area contributed by atoms with Gasteiger partial charge in [-0.25, -0.2) is 9.97 Å². The van der Waals surface area contributed by atoms with Gasteiger partial charge in [0.05, 0.1) is 0 Å². The van der Waals surface area contributed by atoms with Gasteiger partial charge in [-0.3, -0.25) is 0 Å². The van der Waals surface area contributed by atoms with Crippen LogP contribution in [0.1, 0.15) is 26.6 Å². The van der Waals surface area contributed by atoms with Crippen LogP contribution in [-0.4, -0.2) is 35.6 Å². The van der Waals surface area contributed by atoms with Crippen molar-refractivity contribution >= 4 is 11.6 Å². The quantitative estimate of drug-likeness (QED) is 0.782. The highest BCUT2D eigenvalue weighted by Gasteiger charge is 2.08. The van der Waals surface area contributed by atoms with Crippen LogP contribution in [0.4, 0.5) is 11.6 Å². The maximum Gasteiger partial charge on any atom is 0.134 e. The maximum atomic E-state index is 5.59. The summed E-state index contributed by atoms with van der Waals surface area (Å²) in [7, 11) is 0. The fourth-order valence-electron chi connectivity index (χ4n) is 1.65. The highest BCUT2D eigenvalue weighted by Crippen LogP contribution is 2.16. The van der Waals surface area contributed by atoms with Crippen LogP contribution in [0.25, 0.3) is 0 Å². The zero-order chi connectivity index (χ0) is 12.8. The second-order valence-corrected chi connectivity index (χ2v) is 4.11. The van der Waals surface area contributed by atoms with E-state index in [9.17, 15) is 0 Å². The van der Waals surface area contributed by atoms with Crippen molar-refractivity contribution in [3.05, 3.63) is 11.9 Å². The topological polar surface area (TPSA) is 67.1 Å². The highest BCUT2D eigenvalue weighted by molar-refractivity contribution is 5.49. The molecule has 0 radical (unpaired) electrons. The molecule has 5 nitrogen and oxygen atoms in total. The first-order valence-corrected chi connectivity index (χ1v) is 6.17.